The summed E-state index contributed by atoms with van der Waals surface area (Å²) in [6.45, 7) is 4.50. The number of nitrogens with two attached hydrogens (primary N) is 1. The molecule has 0 spiro atoms. The van der Waals surface area contributed by atoms with Crippen LogP contribution in [0.5, 0.6) is 0 Å². The number of nitrogens with one attached hydrogen (secondary N) is 1. The Balaban J connectivity index is 1.57. The zero-order chi connectivity index (χ0) is 21.8. The quantitative estimate of drug-likeness (QED) is 0.434. The highest BCUT2D eigenvalue weighted by molar-refractivity contribution is 6.33. The van der Waals surface area contributed by atoms with Gasteiger partial charge in [-0.25, -0.2) is 10.1 Å². The molecule has 0 aliphatic carbocycles. The van der Waals surface area contributed by atoms with Crippen molar-refractivity contribution < 1.29 is 9.42 Å². The Hall–Kier alpha value is -3.31. The van der Waals surface area contributed by atoms with Gasteiger partial charge in [0, 0.05) is 17.1 Å². The van der Waals surface area contributed by atoms with Gasteiger partial charge in [-0.05, 0) is 48.2 Å². The average molecular weight is 444 g/mol. The number of aromatic nitrogens is 5. The lowest BCUT2D eigenvalue weighted by molar-refractivity contribution is 0.0947. The second kappa shape index (κ2) is 9.23. The van der Waals surface area contributed by atoms with Crippen LogP contribution >= 0.6 is 11.6 Å². The van der Waals surface area contributed by atoms with E-state index in [1.807, 2.05) is 12.1 Å². The molecule has 3 heterocycles. The summed E-state index contributed by atoms with van der Waals surface area (Å²) in [5.74, 6) is 0.412. The van der Waals surface area contributed by atoms with Crippen molar-refractivity contribution in [3.63, 3.8) is 0 Å². The van der Waals surface area contributed by atoms with E-state index >= 15 is 0 Å². The molecule has 2 aromatic heterocycles. The highest BCUT2D eigenvalue weighted by atomic mass is 35.5. The maximum absolute atomic E-state index is 12.8. The van der Waals surface area contributed by atoms with E-state index in [1.54, 1.807) is 12.1 Å². The second-order valence-electron chi connectivity index (χ2n) is 7.45. The number of amides is 1. The first kappa shape index (κ1) is 20.9. The minimum absolute atomic E-state index is 0.0575. The maximum atomic E-state index is 12.8. The Morgan fingerprint density at radius 3 is 2.84 bits per heavy atom. The summed E-state index contributed by atoms with van der Waals surface area (Å²) in [7, 11) is 0. The molecule has 4 rings (SSSR count). The van der Waals surface area contributed by atoms with Gasteiger partial charge in [-0.1, -0.05) is 41.9 Å². The third-order valence-corrected chi connectivity index (χ3v) is 5.54. The first-order chi connectivity index (χ1) is 15.0. The van der Waals surface area contributed by atoms with Gasteiger partial charge in [-0.3, -0.25) is 9.69 Å². The third kappa shape index (κ3) is 4.72. The number of hydrazone groups is 1. The number of hydrogen-bond donors (Lipinski definition) is 2. The molecule has 1 fully saturated rings. The van der Waals surface area contributed by atoms with E-state index in [2.05, 4.69) is 47.6 Å². The standard InChI is InChI=1S/C19H22ClN9O2/c1-12-6-8-28(9-7-12)11-15-16(23-27-29(15)18-17(21)25-31-26-18)19(30)24-22-10-13-4-2-3-5-14(13)20/h2-5,10,12H,6-9,11H2,1H3,(H2,21,25)(H,24,30)/b22-10-. The van der Waals surface area contributed by atoms with Crippen LogP contribution in [0, 0.1) is 5.92 Å². The minimum Gasteiger partial charge on any atom is -0.378 e. The lowest BCUT2D eigenvalue weighted by atomic mass is 9.99. The molecule has 0 radical (unpaired) electrons. The second-order valence-corrected chi connectivity index (χ2v) is 7.86. The van der Waals surface area contributed by atoms with Crippen LogP contribution < -0.4 is 11.2 Å². The molecule has 1 aliphatic rings. The normalized spacial score (nSPS) is 15.5. The first-order valence-corrected chi connectivity index (χ1v) is 10.2. The van der Waals surface area contributed by atoms with Crippen LogP contribution in [0.2, 0.25) is 5.02 Å². The van der Waals surface area contributed by atoms with Gasteiger partial charge in [0.15, 0.2) is 5.69 Å². The summed E-state index contributed by atoms with van der Waals surface area (Å²) in [5.41, 5.74) is 9.64. The van der Waals surface area contributed by atoms with Crippen molar-refractivity contribution in [3.05, 3.63) is 46.2 Å². The summed E-state index contributed by atoms with van der Waals surface area (Å²) in [6, 6.07) is 7.17. The van der Waals surface area contributed by atoms with Gasteiger partial charge in [0.2, 0.25) is 11.6 Å². The number of nitrogens with zero attached hydrogens (tertiary/aromatic N) is 7. The molecule has 3 aromatic rings. The van der Waals surface area contributed by atoms with Crippen LogP contribution in [0.3, 0.4) is 0 Å². The highest BCUT2D eigenvalue weighted by Gasteiger charge is 2.26. The van der Waals surface area contributed by atoms with E-state index in [0.717, 1.165) is 25.9 Å². The molecule has 1 aliphatic heterocycles. The monoisotopic (exact) mass is 443 g/mol. The summed E-state index contributed by atoms with van der Waals surface area (Å²) in [6.07, 6.45) is 3.63. The van der Waals surface area contributed by atoms with Gasteiger partial charge in [0.05, 0.1) is 11.9 Å². The van der Waals surface area contributed by atoms with E-state index < -0.39 is 5.91 Å². The molecule has 11 nitrogen and oxygen atoms in total. The number of rotatable bonds is 6. The number of piperidine rings is 1. The molecule has 0 saturated carbocycles. The topological polar surface area (TPSA) is 140 Å². The Morgan fingerprint density at radius 2 is 2.13 bits per heavy atom. The van der Waals surface area contributed by atoms with Gasteiger partial charge >= 0.3 is 0 Å². The van der Waals surface area contributed by atoms with Gasteiger partial charge in [-0.15, -0.1) is 5.10 Å². The molecule has 12 heteroatoms. The molecule has 0 unspecified atom stereocenters. The van der Waals surface area contributed by atoms with Gasteiger partial charge in [-0.2, -0.15) is 9.78 Å². The molecule has 162 valence electrons. The fourth-order valence-electron chi connectivity index (χ4n) is 3.35. The van der Waals surface area contributed by atoms with Crippen molar-refractivity contribution >= 4 is 29.5 Å². The Bertz CT molecular complexity index is 1090. The molecule has 1 saturated heterocycles. The molecular formula is C19H22ClN9O2. The number of carbonyl (C=O) groups is 1. The Labute approximate surface area is 183 Å². The molecular weight excluding hydrogens is 422 g/mol. The van der Waals surface area contributed by atoms with Crippen molar-refractivity contribution in [2.45, 2.75) is 26.3 Å². The van der Waals surface area contributed by atoms with Crippen molar-refractivity contribution in [3.8, 4) is 5.82 Å². The van der Waals surface area contributed by atoms with Crippen molar-refractivity contribution in [1.82, 2.24) is 35.6 Å². The summed E-state index contributed by atoms with van der Waals surface area (Å²) < 4.78 is 6.08. The Kier molecular flexibility index (Phi) is 6.23. The molecule has 0 bridgehead atoms. The maximum Gasteiger partial charge on any atom is 0.293 e. The summed E-state index contributed by atoms with van der Waals surface area (Å²) in [4.78, 5) is 15.1. The van der Waals surface area contributed by atoms with Crippen LogP contribution in [-0.4, -0.2) is 55.4 Å². The predicted molar refractivity (Wildman–Crippen MR) is 114 cm³/mol. The highest BCUT2D eigenvalue weighted by Crippen LogP contribution is 2.21. The smallest absolute Gasteiger partial charge is 0.293 e. The van der Waals surface area contributed by atoms with E-state index in [9.17, 15) is 4.79 Å². The number of nitrogen functional groups attached to an aromatic ring is 1. The molecule has 0 atom stereocenters. The molecule has 1 aromatic carbocycles. The minimum atomic E-state index is -0.509. The van der Waals surface area contributed by atoms with Crippen molar-refractivity contribution in [2.75, 3.05) is 18.8 Å². The first-order valence-electron chi connectivity index (χ1n) is 9.86. The number of anilines is 1. The van der Waals surface area contributed by atoms with E-state index in [0.29, 0.717) is 28.7 Å². The van der Waals surface area contributed by atoms with Gasteiger partial charge in [0.25, 0.3) is 5.91 Å². The molecule has 1 amide bonds. The van der Waals surface area contributed by atoms with Crippen LogP contribution in [-0.2, 0) is 6.54 Å². The van der Waals surface area contributed by atoms with Crippen LogP contribution in [0.25, 0.3) is 5.82 Å². The molecule has 31 heavy (non-hydrogen) atoms. The summed E-state index contributed by atoms with van der Waals surface area (Å²) in [5, 5.41) is 20.0. The largest absolute Gasteiger partial charge is 0.378 e. The van der Waals surface area contributed by atoms with Crippen LogP contribution in [0.15, 0.2) is 34.0 Å². The van der Waals surface area contributed by atoms with E-state index in [4.69, 9.17) is 17.3 Å². The van der Waals surface area contributed by atoms with Crippen LogP contribution in [0.4, 0.5) is 5.82 Å². The Morgan fingerprint density at radius 1 is 1.35 bits per heavy atom. The van der Waals surface area contributed by atoms with E-state index in [1.165, 1.54) is 10.9 Å². The van der Waals surface area contributed by atoms with Gasteiger partial charge < -0.3 is 5.73 Å². The fourth-order valence-corrected chi connectivity index (χ4v) is 3.54. The fraction of sp³-hybridized carbons (Fsp3) is 0.368. The SMILES string of the molecule is CC1CCN(Cc2c(C(=O)N/N=C\c3ccccc3Cl)nnn2-c2nonc2N)CC1. The lowest BCUT2D eigenvalue weighted by Gasteiger charge is -2.30. The zero-order valence-corrected chi connectivity index (χ0v) is 17.7. The zero-order valence-electron chi connectivity index (χ0n) is 16.9. The van der Waals surface area contributed by atoms with Crippen molar-refractivity contribution in [2.24, 2.45) is 11.0 Å². The molecule has 3 N–H and O–H groups in total. The number of hydrogen-bond acceptors (Lipinski definition) is 9. The van der Waals surface area contributed by atoms with Crippen LogP contribution in [0.1, 0.15) is 41.5 Å². The van der Waals surface area contributed by atoms with Crippen molar-refractivity contribution in [1.29, 1.82) is 0 Å². The number of benzene rings is 1. The average Bonchev–Trinajstić information content (AvgIpc) is 3.36. The van der Waals surface area contributed by atoms with Gasteiger partial charge in [0.1, 0.15) is 0 Å². The predicted octanol–water partition coefficient (Wildman–Crippen LogP) is 1.88. The summed E-state index contributed by atoms with van der Waals surface area (Å²) >= 11 is 6.11. The third-order valence-electron chi connectivity index (χ3n) is 5.20. The number of carbonyl (C=O) groups excluding carboxylic acids is 1. The lowest BCUT2D eigenvalue weighted by Crippen LogP contribution is -2.34. The number of likely N-dealkylation sites (tertiary alicyclic amines) is 1. The number of halogens is 1. The van der Waals surface area contributed by atoms with E-state index in [-0.39, 0.29) is 17.3 Å².